The molecule has 1 saturated carbocycles. The zero-order valence-electron chi connectivity index (χ0n) is 18.2. The molecular weight excluding hydrogens is 408 g/mol. The van der Waals surface area contributed by atoms with Crippen molar-refractivity contribution in [3.8, 4) is 0 Å². The first-order chi connectivity index (χ1) is 15.0. The first kappa shape index (κ1) is 23.2. The van der Waals surface area contributed by atoms with Gasteiger partial charge in [0.2, 0.25) is 0 Å². The van der Waals surface area contributed by atoms with Crippen LogP contribution in [0.2, 0.25) is 0 Å². The summed E-state index contributed by atoms with van der Waals surface area (Å²) in [6, 6.07) is 15.9. The molecule has 2 N–H and O–H groups in total. The number of nitrogens with zero attached hydrogens (tertiary/aromatic N) is 1. The van der Waals surface area contributed by atoms with E-state index in [1.54, 1.807) is 11.8 Å². The molecule has 2 aromatic carbocycles. The standard InChI is InChI=1S/C25H32N2O3S/c1-2-3-15-27(25(30)26-20-10-5-4-6-11-20)21-12-8-14-23(18-21)31-22-13-7-9-19(16-22)17-24(28)29/h7-9,12-14,16,18,20H,2-6,10-11,15,17H2,1H3,(H,26,30)(H,28,29). The van der Waals surface area contributed by atoms with Crippen LogP contribution in [0.1, 0.15) is 57.4 Å². The molecule has 2 aromatic rings. The highest BCUT2D eigenvalue weighted by atomic mass is 32.2. The maximum Gasteiger partial charge on any atom is 0.322 e. The number of carbonyl (C=O) groups is 2. The van der Waals surface area contributed by atoms with Crippen LogP contribution >= 0.6 is 11.8 Å². The first-order valence-electron chi connectivity index (χ1n) is 11.2. The third kappa shape index (κ3) is 7.31. The third-order valence-electron chi connectivity index (χ3n) is 5.53. The van der Waals surface area contributed by atoms with Gasteiger partial charge in [-0.15, -0.1) is 0 Å². The van der Waals surface area contributed by atoms with E-state index in [0.717, 1.165) is 46.7 Å². The molecule has 5 nitrogen and oxygen atoms in total. The van der Waals surface area contributed by atoms with Gasteiger partial charge in [0.05, 0.1) is 6.42 Å². The number of carboxylic acid groups (broad SMARTS) is 1. The van der Waals surface area contributed by atoms with E-state index in [-0.39, 0.29) is 18.5 Å². The van der Waals surface area contributed by atoms with Gasteiger partial charge in [-0.2, -0.15) is 0 Å². The molecule has 1 fully saturated rings. The lowest BCUT2D eigenvalue weighted by atomic mass is 9.96. The molecule has 6 heteroatoms. The van der Waals surface area contributed by atoms with Gasteiger partial charge < -0.3 is 10.4 Å². The van der Waals surface area contributed by atoms with Crippen LogP contribution in [0.3, 0.4) is 0 Å². The minimum absolute atomic E-state index is 0.00837. The van der Waals surface area contributed by atoms with Crippen LogP contribution in [0.15, 0.2) is 58.3 Å². The molecule has 2 amide bonds. The van der Waals surface area contributed by atoms with Gasteiger partial charge in [0.1, 0.15) is 0 Å². The van der Waals surface area contributed by atoms with Gasteiger partial charge in [0.25, 0.3) is 0 Å². The number of carbonyl (C=O) groups excluding carboxylic acids is 1. The Labute approximate surface area is 189 Å². The Balaban J connectivity index is 1.74. The predicted molar refractivity (Wildman–Crippen MR) is 126 cm³/mol. The topological polar surface area (TPSA) is 69.6 Å². The van der Waals surface area contributed by atoms with Crippen molar-refractivity contribution in [2.24, 2.45) is 0 Å². The quantitative estimate of drug-likeness (QED) is 0.493. The average Bonchev–Trinajstić information content (AvgIpc) is 2.75. The Morgan fingerprint density at radius 3 is 2.48 bits per heavy atom. The smallest absolute Gasteiger partial charge is 0.322 e. The number of amides is 2. The number of unbranched alkanes of at least 4 members (excludes halogenated alkanes) is 1. The average molecular weight is 441 g/mol. The van der Waals surface area contributed by atoms with Crippen LogP contribution in [0.25, 0.3) is 0 Å². The SMILES string of the molecule is CCCCN(C(=O)NC1CCCCC1)c1cccc(Sc2cccc(CC(=O)O)c2)c1. The molecule has 0 atom stereocenters. The Hall–Kier alpha value is -2.47. The van der Waals surface area contributed by atoms with E-state index in [1.165, 1.54) is 19.3 Å². The lowest BCUT2D eigenvalue weighted by molar-refractivity contribution is -0.136. The molecule has 1 aliphatic carbocycles. The second-order valence-electron chi connectivity index (χ2n) is 8.11. The van der Waals surface area contributed by atoms with Crippen LogP contribution < -0.4 is 10.2 Å². The third-order valence-corrected chi connectivity index (χ3v) is 6.51. The van der Waals surface area contributed by atoms with Crippen molar-refractivity contribution >= 4 is 29.4 Å². The summed E-state index contributed by atoms with van der Waals surface area (Å²) in [6.45, 7) is 2.82. The number of carboxylic acids is 1. The minimum Gasteiger partial charge on any atom is -0.481 e. The summed E-state index contributed by atoms with van der Waals surface area (Å²) in [6.07, 6.45) is 7.76. The highest BCUT2D eigenvalue weighted by molar-refractivity contribution is 7.99. The van der Waals surface area contributed by atoms with Crippen LogP contribution in [-0.2, 0) is 11.2 Å². The summed E-state index contributed by atoms with van der Waals surface area (Å²) in [7, 11) is 0. The van der Waals surface area contributed by atoms with E-state index in [1.807, 2.05) is 53.4 Å². The fraction of sp³-hybridized carbons (Fsp3) is 0.440. The van der Waals surface area contributed by atoms with Gasteiger partial charge in [-0.05, 0) is 55.2 Å². The lowest BCUT2D eigenvalue weighted by Gasteiger charge is -2.28. The summed E-state index contributed by atoms with van der Waals surface area (Å²) >= 11 is 1.58. The molecule has 0 unspecified atom stereocenters. The summed E-state index contributed by atoms with van der Waals surface area (Å²) in [5, 5.41) is 12.3. The molecule has 31 heavy (non-hydrogen) atoms. The fourth-order valence-corrected chi connectivity index (χ4v) is 4.86. The molecular formula is C25H32N2O3S. The predicted octanol–water partition coefficient (Wildman–Crippen LogP) is 6.11. The van der Waals surface area contributed by atoms with Crippen LogP contribution in [-0.4, -0.2) is 29.7 Å². The number of aliphatic carboxylic acids is 1. The molecule has 0 aromatic heterocycles. The Bertz CT molecular complexity index is 881. The summed E-state index contributed by atoms with van der Waals surface area (Å²) < 4.78 is 0. The maximum absolute atomic E-state index is 13.1. The number of nitrogens with one attached hydrogen (secondary N) is 1. The van der Waals surface area contributed by atoms with Gasteiger partial charge in [0.15, 0.2) is 0 Å². The second-order valence-corrected chi connectivity index (χ2v) is 9.25. The molecule has 0 spiro atoms. The largest absolute Gasteiger partial charge is 0.481 e. The van der Waals surface area contributed by atoms with Crippen molar-refractivity contribution in [3.63, 3.8) is 0 Å². The van der Waals surface area contributed by atoms with Crippen molar-refractivity contribution in [3.05, 3.63) is 54.1 Å². The number of benzene rings is 2. The van der Waals surface area contributed by atoms with Gasteiger partial charge in [-0.25, -0.2) is 4.79 Å². The van der Waals surface area contributed by atoms with Gasteiger partial charge >= 0.3 is 12.0 Å². The van der Waals surface area contributed by atoms with E-state index in [4.69, 9.17) is 5.11 Å². The van der Waals surface area contributed by atoms with Crippen molar-refractivity contribution in [2.45, 2.75) is 74.1 Å². The van der Waals surface area contributed by atoms with Crippen molar-refractivity contribution < 1.29 is 14.7 Å². The minimum atomic E-state index is -0.834. The number of hydrogen-bond donors (Lipinski definition) is 2. The summed E-state index contributed by atoms with van der Waals surface area (Å²) in [5.74, 6) is -0.834. The maximum atomic E-state index is 13.1. The zero-order valence-corrected chi connectivity index (χ0v) is 19.0. The van der Waals surface area contributed by atoms with E-state index >= 15 is 0 Å². The number of rotatable bonds is 9. The molecule has 0 saturated heterocycles. The van der Waals surface area contributed by atoms with Crippen molar-refractivity contribution in [1.29, 1.82) is 0 Å². The molecule has 3 rings (SSSR count). The highest BCUT2D eigenvalue weighted by Gasteiger charge is 2.21. The highest BCUT2D eigenvalue weighted by Crippen LogP contribution is 2.31. The van der Waals surface area contributed by atoms with Crippen molar-refractivity contribution in [1.82, 2.24) is 5.32 Å². The monoisotopic (exact) mass is 440 g/mol. The number of hydrogen-bond acceptors (Lipinski definition) is 3. The summed E-state index contributed by atoms with van der Waals surface area (Å²) in [5.41, 5.74) is 1.68. The molecule has 0 radical (unpaired) electrons. The van der Waals surface area contributed by atoms with E-state index in [2.05, 4.69) is 12.2 Å². The Morgan fingerprint density at radius 1 is 1.06 bits per heavy atom. The molecule has 0 aliphatic heterocycles. The second kappa shape index (κ2) is 11.8. The van der Waals surface area contributed by atoms with E-state index in [0.29, 0.717) is 6.54 Å². The first-order valence-corrected chi connectivity index (χ1v) is 12.0. The molecule has 166 valence electrons. The molecule has 0 heterocycles. The number of urea groups is 1. The zero-order chi connectivity index (χ0) is 22.1. The molecule has 0 bridgehead atoms. The Kier molecular flexibility index (Phi) is 8.83. The van der Waals surface area contributed by atoms with Crippen LogP contribution in [0, 0.1) is 0 Å². The fourth-order valence-electron chi connectivity index (χ4n) is 3.91. The van der Waals surface area contributed by atoms with Crippen molar-refractivity contribution in [2.75, 3.05) is 11.4 Å². The Morgan fingerprint density at radius 2 is 1.77 bits per heavy atom. The van der Waals surface area contributed by atoms with Crippen LogP contribution in [0.5, 0.6) is 0 Å². The summed E-state index contributed by atoms with van der Waals surface area (Å²) in [4.78, 5) is 28.0. The normalized spacial score (nSPS) is 14.2. The van der Waals surface area contributed by atoms with Gasteiger partial charge in [-0.3, -0.25) is 9.69 Å². The van der Waals surface area contributed by atoms with E-state index < -0.39 is 5.97 Å². The lowest BCUT2D eigenvalue weighted by Crippen LogP contribution is -2.46. The van der Waals surface area contributed by atoms with Gasteiger partial charge in [-0.1, -0.05) is 62.6 Å². The van der Waals surface area contributed by atoms with Crippen LogP contribution in [0.4, 0.5) is 10.5 Å². The van der Waals surface area contributed by atoms with E-state index in [9.17, 15) is 9.59 Å². The number of anilines is 1. The molecule has 1 aliphatic rings. The van der Waals surface area contributed by atoms with Gasteiger partial charge in [0, 0.05) is 28.1 Å².